The number of fused-ring (bicyclic) bond motifs is 1. The summed E-state index contributed by atoms with van der Waals surface area (Å²) in [7, 11) is 0. The zero-order chi connectivity index (χ0) is 24.5. The number of carbonyl (C=O) groups excluding carboxylic acids is 1. The lowest BCUT2D eigenvalue weighted by Gasteiger charge is -2.18. The summed E-state index contributed by atoms with van der Waals surface area (Å²) in [4.78, 5) is 45.5. The molecule has 0 spiro atoms. The number of ketones is 1. The molecule has 1 unspecified atom stereocenters. The van der Waals surface area contributed by atoms with Crippen LogP contribution in [0.3, 0.4) is 0 Å². The van der Waals surface area contributed by atoms with Crippen molar-refractivity contribution in [3.8, 4) is 0 Å². The largest absolute Gasteiger partial charge is 0.333 e. The van der Waals surface area contributed by atoms with Gasteiger partial charge in [-0.3, -0.25) is 14.2 Å². The number of carbonyl (C=O) groups is 1. The Morgan fingerprint density at radius 1 is 1.00 bits per heavy atom. The fourth-order valence-electron chi connectivity index (χ4n) is 5.15. The van der Waals surface area contributed by atoms with E-state index in [1.165, 1.54) is 4.57 Å². The maximum absolute atomic E-state index is 13.8. The monoisotopic (exact) mass is 470 g/mol. The highest BCUT2D eigenvalue weighted by molar-refractivity contribution is 5.98. The van der Waals surface area contributed by atoms with Crippen LogP contribution in [0.1, 0.15) is 73.1 Å². The van der Waals surface area contributed by atoms with Crippen molar-refractivity contribution < 1.29 is 4.79 Å². The SMILES string of the molecule is CCc1ccc(C(=O)C(C)n2c(=O)c3c(ncn3C3CCCC3)n(Cc3ccccc3)c2=O)cc1. The van der Waals surface area contributed by atoms with Crippen molar-refractivity contribution in [1.82, 2.24) is 18.7 Å². The van der Waals surface area contributed by atoms with Crippen LogP contribution < -0.4 is 11.2 Å². The van der Waals surface area contributed by atoms with Crippen molar-refractivity contribution in [2.24, 2.45) is 0 Å². The predicted molar refractivity (Wildman–Crippen MR) is 136 cm³/mol. The summed E-state index contributed by atoms with van der Waals surface area (Å²) in [5.74, 6) is -0.260. The van der Waals surface area contributed by atoms with Crippen LogP contribution in [0.25, 0.3) is 11.2 Å². The Hall–Kier alpha value is -3.74. The van der Waals surface area contributed by atoms with E-state index in [0.717, 1.165) is 47.8 Å². The molecule has 35 heavy (non-hydrogen) atoms. The fourth-order valence-corrected chi connectivity index (χ4v) is 5.15. The van der Waals surface area contributed by atoms with E-state index in [0.29, 0.717) is 16.7 Å². The number of aryl methyl sites for hydroxylation is 1. The van der Waals surface area contributed by atoms with Gasteiger partial charge in [0.2, 0.25) is 0 Å². The number of imidazole rings is 1. The molecule has 4 aromatic rings. The van der Waals surface area contributed by atoms with Crippen molar-refractivity contribution in [3.05, 3.63) is 98.5 Å². The van der Waals surface area contributed by atoms with Gasteiger partial charge in [-0.1, -0.05) is 74.4 Å². The molecule has 2 heterocycles. The molecule has 0 aliphatic heterocycles. The van der Waals surface area contributed by atoms with Crippen LogP contribution >= 0.6 is 0 Å². The molecule has 1 aliphatic carbocycles. The average Bonchev–Trinajstić information content (AvgIpc) is 3.57. The second kappa shape index (κ2) is 9.49. The molecule has 0 radical (unpaired) electrons. The Balaban J connectivity index is 1.68. The molecular formula is C28H30N4O3. The molecule has 1 fully saturated rings. The van der Waals surface area contributed by atoms with Gasteiger partial charge in [-0.05, 0) is 37.3 Å². The van der Waals surface area contributed by atoms with Crippen LogP contribution in [-0.4, -0.2) is 24.5 Å². The summed E-state index contributed by atoms with van der Waals surface area (Å²) in [5.41, 5.74) is 2.33. The quantitative estimate of drug-likeness (QED) is 0.372. The van der Waals surface area contributed by atoms with E-state index in [-0.39, 0.29) is 18.4 Å². The molecule has 0 bridgehead atoms. The third-order valence-electron chi connectivity index (χ3n) is 7.20. The van der Waals surface area contributed by atoms with E-state index in [9.17, 15) is 14.4 Å². The van der Waals surface area contributed by atoms with Crippen molar-refractivity contribution in [2.75, 3.05) is 0 Å². The molecule has 7 heteroatoms. The average molecular weight is 471 g/mol. The topological polar surface area (TPSA) is 78.9 Å². The van der Waals surface area contributed by atoms with Crippen molar-refractivity contribution in [2.45, 2.75) is 64.6 Å². The van der Waals surface area contributed by atoms with E-state index >= 15 is 0 Å². The normalized spacial score (nSPS) is 15.0. The molecule has 5 rings (SSSR count). The molecule has 0 saturated heterocycles. The van der Waals surface area contributed by atoms with Gasteiger partial charge in [-0.2, -0.15) is 0 Å². The van der Waals surface area contributed by atoms with Gasteiger partial charge in [0, 0.05) is 11.6 Å². The minimum atomic E-state index is -0.944. The first-order valence-electron chi connectivity index (χ1n) is 12.4. The minimum Gasteiger partial charge on any atom is -0.322 e. The second-order valence-corrected chi connectivity index (χ2v) is 9.38. The highest BCUT2D eigenvalue weighted by atomic mass is 16.2. The fraction of sp³-hybridized carbons (Fsp3) is 0.357. The van der Waals surface area contributed by atoms with Crippen molar-refractivity contribution >= 4 is 16.9 Å². The maximum atomic E-state index is 13.8. The van der Waals surface area contributed by atoms with E-state index in [1.807, 2.05) is 47.0 Å². The Labute approximate surface area is 203 Å². The maximum Gasteiger partial charge on any atom is 0.333 e. The highest BCUT2D eigenvalue weighted by Gasteiger charge is 2.28. The zero-order valence-corrected chi connectivity index (χ0v) is 20.2. The van der Waals surface area contributed by atoms with E-state index < -0.39 is 17.3 Å². The van der Waals surface area contributed by atoms with Gasteiger partial charge in [0.15, 0.2) is 16.9 Å². The van der Waals surface area contributed by atoms with Gasteiger partial charge in [0.1, 0.15) is 6.04 Å². The Bertz CT molecular complexity index is 1470. The summed E-state index contributed by atoms with van der Waals surface area (Å²) in [6.07, 6.45) is 6.70. The summed E-state index contributed by atoms with van der Waals surface area (Å²) in [5, 5.41) is 0. The molecule has 2 aromatic heterocycles. The number of benzene rings is 2. The van der Waals surface area contributed by atoms with Crippen molar-refractivity contribution in [3.63, 3.8) is 0 Å². The molecule has 0 amide bonds. The molecule has 0 N–H and O–H groups in total. The van der Waals surface area contributed by atoms with E-state index in [4.69, 9.17) is 0 Å². The van der Waals surface area contributed by atoms with Gasteiger partial charge in [-0.15, -0.1) is 0 Å². The van der Waals surface area contributed by atoms with Crippen LogP contribution in [0, 0.1) is 0 Å². The van der Waals surface area contributed by atoms with E-state index in [2.05, 4.69) is 11.9 Å². The van der Waals surface area contributed by atoms with Crippen LogP contribution in [0.15, 0.2) is 70.5 Å². The number of aromatic nitrogens is 4. The first-order chi connectivity index (χ1) is 17.0. The zero-order valence-electron chi connectivity index (χ0n) is 20.2. The summed E-state index contributed by atoms with van der Waals surface area (Å²) in [6, 6.07) is 16.2. The molecule has 7 nitrogen and oxygen atoms in total. The smallest absolute Gasteiger partial charge is 0.322 e. The molecular weight excluding hydrogens is 440 g/mol. The van der Waals surface area contributed by atoms with Gasteiger partial charge >= 0.3 is 5.69 Å². The Morgan fingerprint density at radius 3 is 2.34 bits per heavy atom. The van der Waals surface area contributed by atoms with Crippen LogP contribution in [0.4, 0.5) is 0 Å². The first-order valence-corrected chi connectivity index (χ1v) is 12.4. The van der Waals surface area contributed by atoms with Crippen LogP contribution in [0.2, 0.25) is 0 Å². The highest BCUT2D eigenvalue weighted by Crippen LogP contribution is 2.31. The van der Waals surface area contributed by atoms with Crippen LogP contribution in [-0.2, 0) is 13.0 Å². The number of rotatable bonds is 7. The van der Waals surface area contributed by atoms with Gasteiger partial charge in [0.05, 0.1) is 12.9 Å². The van der Waals surface area contributed by atoms with Gasteiger partial charge < -0.3 is 4.57 Å². The van der Waals surface area contributed by atoms with E-state index in [1.54, 1.807) is 25.4 Å². The lowest BCUT2D eigenvalue weighted by molar-refractivity contribution is 0.0930. The second-order valence-electron chi connectivity index (χ2n) is 9.38. The van der Waals surface area contributed by atoms with Gasteiger partial charge in [0.25, 0.3) is 5.56 Å². The molecule has 180 valence electrons. The van der Waals surface area contributed by atoms with Gasteiger partial charge in [-0.25, -0.2) is 14.3 Å². The number of nitrogens with zero attached hydrogens (tertiary/aromatic N) is 4. The Morgan fingerprint density at radius 2 is 1.69 bits per heavy atom. The Kier molecular flexibility index (Phi) is 6.24. The molecule has 2 aromatic carbocycles. The standard InChI is InChI=1S/C28H30N4O3/c1-3-20-13-15-22(16-14-20)25(33)19(2)32-27(34)24-26(29-18-31(24)23-11-7-8-12-23)30(28(32)35)17-21-9-5-4-6-10-21/h4-6,9-10,13-16,18-19,23H,3,7-8,11-12,17H2,1-2H3. The van der Waals surface area contributed by atoms with Crippen molar-refractivity contribution in [1.29, 1.82) is 0 Å². The number of Topliss-reactive ketones (excluding diaryl/α,β-unsaturated/α-hetero) is 1. The lowest BCUT2D eigenvalue weighted by atomic mass is 10.0. The van der Waals surface area contributed by atoms with Crippen LogP contribution in [0.5, 0.6) is 0 Å². The molecule has 1 aliphatic rings. The summed E-state index contributed by atoms with van der Waals surface area (Å²) < 4.78 is 4.57. The summed E-state index contributed by atoms with van der Waals surface area (Å²) >= 11 is 0. The third-order valence-corrected chi connectivity index (χ3v) is 7.20. The third kappa shape index (κ3) is 4.16. The number of hydrogen-bond acceptors (Lipinski definition) is 4. The minimum absolute atomic E-state index is 0.177. The lowest BCUT2D eigenvalue weighted by Crippen LogP contribution is -2.44. The predicted octanol–water partition coefficient (Wildman–Crippen LogP) is 4.53. The molecule has 1 atom stereocenters. The summed E-state index contributed by atoms with van der Waals surface area (Å²) in [6.45, 7) is 3.95. The molecule has 1 saturated carbocycles. The first kappa shape index (κ1) is 23.0. The number of hydrogen-bond donors (Lipinski definition) is 0.